The quantitative estimate of drug-likeness (QED) is 0.834. The van der Waals surface area contributed by atoms with Crippen LogP contribution in [-0.2, 0) is 11.2 Å². The first kappa shape index (κ1) is 18.0. The molecule has 1 saturated heterocycles. The molecule has 1 aromatic rings. The molecule has 1 aromatic carbocycles. The minimum atomic E-state index is -0.367. The van der Waals surface area contributed by atoms with Gasteiger partial charge in [-0.2, -0.15) is 0 Å². The summed E-state index contributed by atoms with van der Waals surface area (Å²) in [6, 6.07) is 5.45. The van der Waals surface area contributed by atoms with E-state index in [-0.39, 0.29) is 23.7 Å². The fourth-order valence-electron chi connectivity index (χ4n) is 4.31. The first-order valence-electron chi connectivity index (χ1n) is 8.86. The number of likely N-dealkylation sites (tertiary alicyclic amines) is 1. The molecule has 1 aliphatic carbocycles. The van der Waals surface area contributed by atoms with E-state index in [4.69, 9.17) is 9.47 Å². The monoisotopic (exact) mass is 345 g/mol. The van der Waals surface area contributed by atoms with E-state index in [0.717, 1.165) is 30.6 Å². The molecule has 1 aliphatic heterocycles. The van der Waals surface area contributed by atoms with Crippen molar-refractivity contribution in [2.75, 3.05) is 20.8 Å². The van der Waals surface area contributed by atoms with Crippen LogP contribution >= 0.6 is 0 Å². The summed E-state index contributed by atoms with van der Waals surface area (Å²) in [4.78, 5) is 15.0. The highest BCUT2D eigenvalue weighted by molar-refractivity contribution is 5.95. The van der Waals surface area contributed by atoms with Gasteiger partial charge in [0.25, 0.3) is 5.91 Å². The maximum Gasteiger partial charge on any atom is 0.254 e. The standard InChI is InChI=1S/C20H27NO4/c1-4-5-14-12-15(6-7-17(14)24-2)19(23)21-11-10-20(25-3)9-8-16(22)13-18(20)21/h4,6-7,12,16,18,22H,1,5,8-11,13H2,2-3H3/t16-,18-,20+/m0/s1. The number of aliphatic hydroxyl groups excluding tert-OH is 1. The number of ether oxygens (including phenoxy) is 2. The Labute approximate surface area is 149 Å². The summed E-state index contributed by atoms with van der Waals surface area (Å²) in [6.07, 6.45) is 5.01. The number of carbonyl (C=O) groups is 1. The van der Waals surface area contributed by atoms with E-state index in [1.54, 1.807) is 26.4 Å². The van der Waals surface area contributed by atoms with E-state index in [0.29, 0.717) is 24.9 Å². The summed E-state index contributed by atoms with van der Waals surface area (Å²) in [5.74, 6) is 0.753. The number of amides is 1. The number of carbonyl (C=O) groups excluding carboxylic acids is 1. The molecule has 5 heteroatoms. The van der Waals surface area contributed by atoms with E-state index >= 15 is 0 Å². The Morgan fingerprint density at radius 3 is 2.92 bits per heavy atom. The molecular formula is C20H27NO4. The van der Waals surface area contributed by atoms with Crippen LogP contribution in [-0.4, -0.2) is 54.4 Å². The molecule has 0 aromatic heterocycles. The number of nitrogens with zero attached hydrogens (tertiary/aromatic N) is 1. The molecule has 1 heterocycles. The Kier molecular flexibility index (Phi) is 5.16. The molecule has 1 N–H and O–H groups in total. The topological polar surface area (TPSA) is 59.0 Å². The highest BCUT2D eigenvalue weighted by Gasteiger charge is 2.52. The Balaban J connectivity index is 1.88. The molecule has 3 rings (SSSR count). The van der Waals surface area contributed by atoms with Crippen LogP contribution in [0.15, 0.2) is 30.9 Å². The average Bonchev–Trinajstić information content (AvgIpc) is 3.00. The van der Waals surface area contributed by atoms with Gasteiger partial charge in [-0.05, 0) is 55.9 Å². The summed E-state index contributed by atoms with van der Waals surface area (Å²) < 4.78 is 11.2. The van der Waals surface area contributed by atoms with E-state index in [9.17, 15) is 9.90 Å². The van der Waals surface area contributed by atoms with Gasteiger partial charge in [-0.3, -0.25) is 4.79 Å². The van der Waals surface area contributed by atoms with Gasteiger partial charge in [-0.1, -0.05) is 6.08 Å². The lowest BCUT2D eigenvalue weighted by Crippen LogP contribution is -2.52. The zero-order valence-corrected chi connectivity index (χ0v) is 15.0. The van der Waals surface area contributed by atoms with Crippen LogP contribution in [0.25, 0.3) is 0 Å². The predicted molar refractivity (Wildman–Crippen MR) is 95.9 cm³/mol. The second-order valence-corrected chi connectivity index (χ2v) is 6.98. The smallest absolute Gasteiger partial charge is 0.254 e. The molecule has 3 atom stereocenters. The fourth-order valence-corrected chi connectivity index (χ4v) is 4.31. The third kappa shape index (κ3) is 3.18. The van der Waals surface area contributed by atoms with Gasteiger partial charge in [0.1, 0.15) is 5.75 Å². The van der Waals surface area contributed by atoms with Gasteiger partial charge in [-0.15, -0.1) is 6.58 Å². The third-order valence-corrected chi connectivity index (χ3v) is 5.71. The molecule has 0 radical (unpaired) electrons. The first-order chi connectivity index (χ1) is 12.0. The zero-order chi connectivity index (χ0) is 18.0. The van der Waals surface area contributed by atoms with Crippen molar-refractivity contribution in [3.8, 4) is 5.75 Å². The Hall–Kier alpha value is -1.85. The van der Waals surface area contributed by atoms with Gasteiger partial charge < -0.3 is 19.5 Å². The van der Waals surface area contributed by atoms with Crippen LogP contribution in [0.2, 0.25) is 0 Å². The van der Waals surface area contributed by atoms with Crippen molar-refractivity contribution in [3.05, 3.63) is 42.0 Å². The maximum absolute atomic E-state index is 13.1. The molecular weight excluding hydrogens is 318 g/mol. The SMILES string of the molecule is C=CCc1cc(C(=O)N2CC[C@]3(OC)CC[C@H](O)C[C@H]23)ccc1OC. The number of allylic oxidation sites excluding steroid dienone is 1. The van der Waals surface area contributed by atoms with Crippen LogP contribution in [0.4, 0.5) is 0 Å². The van der Waals surface area contributed by atoms with Crippen molar-refractivity contribution in [1.82, 2.24) is 4.90 Å². The molecule has 0 spiro atoms. The minimum absolute atomic E-state index is 0.00834. The highest BCUT2D eigenvalue weighted by Crippen LogP contribution is 2.43. The van der Waals surface area contributed by atoms with Gasteiger partial charge in [0.05, 0.1) is 24.9 Å². The molecule has 5 nitrogen and oxygen atoms in total. The van der Waals surface area contributed by atoms with Crippen molar-refractivity contribution in [2.45, 2.75) is 49.9 Å². The number of aliphatic hydroxyl groups is 1. The van der Waals surface area contributed by atoms with Crippen LogP contribution in [0.3, 0.4) is 0 Å². The first-order valence-corrected chi connectivity index (χ1v) is 8.86. The molecule has 1 amide bonds. The number of hydrogen-bond acceptors (Lipinski definition) is 4. The summed E-state index contributed by atoms with van der Waals surface area (Å²) in [7, 11) is 3.34. The third-order valence-electron chi connectivity index (χ3n) is 5.71. The number of methoxy groups -OCH3 is 2. The lowest BCUT2D eigenvalue weighted by Gasteiger charge is -2.42. The number of hydrogen-bond donors (Lipinski definition) is 1. The number of benzene rings is 1. The minimum Gasteiger partial charge on any atom is -0.496 e. The zero-order valence-electron chi connectivity index (χ0n) is 15.0. The molecule has 2 fully saturated rings. The lowest BCUT2D eigenvalue weighted by molar-refractivity contribution is -0.0824. The highest BCUT2D eigenvalue weighted by atomic mass is 16.5. The number of rotatable bonds is 5. The molecule has 1 saturated carbocycles. The largest absolute Gasteiger partial charge is 0.496 e. The van der Waals surface area contributed by atoms with Crippen molar-refractivity contribution < 1.29 is 19.4 Å². The van der Waals surface area contributed by atoms with Crippen LogP contribution in [0, 0.1) is 0 Å². The van der Waals surface area contributed by atoms with Gasteiger partial charge >= 0.3 is 0 Å². The summed E-state index contributed by atoms with van der Waals surface area (Å²) in [6.45, 7) is 4.43. The van der Waals surface area contributed by atoms with Crippen LogP contribution < -0.4 is 4.74 Å². The summed E-state index contributed by atoms with van der Waals surface area (Å²) >= 11 is 0. The summed E-state index contributed by atoms with van der Waals surface area (Å²) in [5, 5.41) is 10.1. The molecule has 136 valence electrons. The van der Waals surface area contributed by atoms with Crippen LogP contribution in [0.1, 0.15) is 41.6 Å². The summed E-state index contributed by atoms with van der Waals surface area (Å²) in [5.41, 5.74) is 1.28. The van der Waals surface area contributed by atoms with Gasteiger partial charge in [0.2, 0.25) is 0 Å². The van der Waals surface area contributed by atoms with E-state index in [1.165, 1.54) is 0 Å². The predicted octanol–water partition coefficient (Wildman–Crippen LogP) is 2.57. The Morgan fingerprint density at radius 1 is 1.44 bits per heavy atom. The second kappa shape index (κ2) is 7.18. The van der Waals surface area contributed by atoms with Gasteiger partial charge in [0.15, 0.2) is 0 Å². The molecule has 0 bridgehead atoms. The normalized spacial score (nSPS) is 28.5. The van der Waals surface area contributed by atoms with Gasteiger partial charge in [-0.25, -0.2) is 0 Å². The molecule has 25 heavy (non-hydrogen) atoms. The van der Waals surface area contributed by atoms with Crippen molar-refractivity contribution in [2.24, 2.45) is 0 Å². The second-order valence-electron chi connectivity index (χ2n) is 6.98. The van der Waals surface area contributed by atoms with Crippen molar-refractivity contribution >= 4 is 5.91 Å². The van der Waals surface area contributed by atoms with Crippen molar-refractivity contribution in [1.29, 1.82) is 0 Å². The van der Waals surface area contributed by atoms with Crippen LogP contribution in [0.5, 0.6) is 5.75 Å². The fraction of sp³-hybridized carbons (Fsp3) is 0.550. The van der Waals surface area contributed by atoms with Crippen molar-refractivity contribution in [3.63, 3.8) is 0 Å². The Morgan fingerprint density at radius 2 is 2.24 bits per heavy atom. The van der Waals surface area contributed by atoms with E-state index in [1.807, 2.05) is 17.0 Å². The average molecular weight is 345 g/mol. The molecule has 0 unspecified atom stereocenters. The number of fused-ring (bicyclic) bond motifs is 1. The molecule has 2 aliphatic rings. The lowest BCUT2D eigenvalue weighted by atomic mass is 9.79. The Bertz CT molecular complexity index is 659. The van der Waals surface area contributed by atoms with E-state index < -0.39 is 0 Å². The maximum atomic E-state index is 13.1. The van der Waals surface area contributed by atoms with E-state index in [2.05, 4.69) is 6.58 Å². The van der Waals surface area contributed by atoms with Gasteiger partial charge in [0, 0.05) is 19.2 Å².